The summed E-state index contributed by atoms with van der Waals surface area (Å²) in [4.78, 5) is 27.1. The van der Waals surface area contributed by atoms with Gasteiger partial charge in [-0.3, -0.25) is 4.79 Å². The summed E-state index contributed by atoms with van der Waals surface area (Å²) in [5.74, 6) is -0.706. The molecule has 6 nitrogen and oxygen atoms in total. The van der Waals surface area contributed by atoms with Crippen LogP contribution in [0.3, 0.4) is 0 Å². The second kappa shape index (κ2) is 9.58. The van der Waals surface area contributed by atoms with Gasteiger partial charge in [-0.15, -0.1) is 11.8 Å². The number of amides is 1. The van der Waals surface area contributed by atoms with Gasteiger partial charge in [0, 0.05) is 17.2 Å². The molecular weight excluding hydrogens is 395 g/mol. The first-order valence-corrected chi connectivity index (χ1v) is 9.97. The molecule has 0 aromatic heterocycles. The van der Waals surface area contributed by atoms with Gasteiger partial charge in [0.25, 0.3) is 5.91 Å². The van der Waals surface area contributed by atoms with Crippen molar-refractivity contribution in [3.63, 3.8) is 0 Å². The molecule has 8 heteroatoms. The van der Waals surface area contributed by atoms with Gasteiger partial charge < -0.3 is 20.1 Å². The molecule has 1 amide bonds. The zero-order valence-corrected chi connectivity index (χ0v) is 16.7. The predicted octanol–water partition coefficient (Wildman–Crippen LogP) is 2.79. The summed E-state index contributed by atoms with van der Waals surface area (Å²) in [6.07, 6.45) is 0. The fourth-order valence-corrected chi connectivity index (χ4v) is 3.92. The summed E-state index contributed by atoms with van der Waals surface area (Å²) in [6.45, 7) is 0.00102. The highest BCUT2D eigenvalue weighted by molar-refractivity contribution is 7.98. The van der Waals surface area contributed by atoms with E-state index in [9.17, 15) is 14.0 Å². The number of esters is 1. The van der Waals surface area contributed by atoms with Gasteiger partial charge in [-0.2, -0.15) is 0 Å². The summed E-state index contributed by atoms with van der Waals surface area (Å²) in [6, 6.07) is 13.8. The van der Waals surface area contributed by atoms with Crippen molar-refractivity contribution in [3.8, 4) is 0 Å². The third-order valence-electron chi connectivity index (χ3n) is 4.38. The van der Waals surface area contributed by atoms with Crippen molar-refractivity contribution in [1.82, 2.24) is 4.90 Å². The van der Waals surface area contributed by atoms with E-state index in [2.05, 4.69) is 5.32 Å². The number of ether oxygens (including phenoxy) is 1. The average molecular weight is 416 g/mol. The van der Waals surface area contributed by atoms with Crippen LogP contribution in [-0.4, -0.2) is 48.7 Å². The topological polar surface area (TPSA) is 78.9 Å². The Kier molecular flexibility index (Phi) is 6.90. The largest absolute Gasteiger partial charge is 0.466 e. The number of anilines is 1. The lowest BCUT2D eigenvalue weighted by Gasteiger charge is -2.16. The third kappa shape index (κ3) is 4.96. The van der Waals surface area contributed by atoms with Crippen LogP contribution in [0.25, 0.3) is 0 Å². The molecule has 3 rings (SSSR count). The fraction of sp³-hybridized carbons (Fsp3) is 0.238. The number of β-amino-alcohol motifs (C(OH)–C–C–N with tert-alkyl or cyclic N) is 1. The maximum atomic E-state index is 13.4. The SMILES string of the molecule is COC(=O)C1=C(Nc2ccccc2SCc2cccc(F)c2)C(=O)N(CCO)C1. The Hall–Kier alpha value is -2.84. The predicted molar refractivity (Wildman–Crippen MR) is 109 cm³/mol. The van der Waals surface area contributed by atoms with E-state index in [0.29, 0.717) is 11.4 Å². The molecule has 0 saturated heterocycles. The number of rotatable bonds is 8. The molecule has 2 aromatic carbocycles. The van der Waals surface area contributed by atoms with Crippen LogP contribution < -0.4 is 5.32 Å². The Morgan fingerprint density at radius 3 is 2.79 bits per heavy atom. The number of thioether (sulfide) groups is 1. The molecule has 29 heavy (non-hydrogen) atoms. The van der Waals surface area contributed by atoms with Gasteiger partial charge >= 0.3 is 5.97 Å². The molecular formula is C21H21FN2O4S. The van der Waals surface area contributed by atoms with E-state index in [1.807, 2.05) is 24.3 Å². The normalized spacial score (nSPS) is 13.8. The van der Waals surface area contributed by atoms with Crippen LogP contribution in [0.15, 0.2) is 64.7 Å². The standard InChI is InChI=1S/C21H21FN2O4S/c1-28-21(27)16-12-24(9-10-25)20(26)19(16)23-17-7-2-3-8-18(17)29-13-14-5-4-6-15(22)11-14/h2-8,11,23,25H,9-10,12-13H2,1H3. The van der Waals surface area contributed by atoms with Gasteiger partial charge in [0.05, 0.1) is 31.5 Å². The number of halogens is 1. The molecule has 1 aliphatic heterocycles. The van der Waals surface area contributed by atoms with Gasteiger partial charge in [-0.05, 0) is 29.8 Å². The van der Waals surface area contributed by atoms with Crippen molar-refractivity contribution in [2.45, 2.75) is 10.6 Å². The molecule has 2 N–H and O–H groups in total. The Balaban J connectivity index is 1.83. The van der Waals surface area contributed by atoms with Crippen LogP contribution in [0.1, 0.15) is 5.56 Å². The van der Waals surface area contributed by atoms with E-state index < -0.39 is 5.97 Å². The van der Waals surface area contributed by atoms with E-state index in [4.69, 9.17) is 9.84 Å². The number of aliphatic hydroxyl groups is 1. The average Bonchev–Trinajstić information content (AvgIpc) is 3.03. The molecule has 0 unspecified atom stereocenters. The maximum absolute atomic E-state index is 13.4. The highest BCUT2D eigenvalue weighted by atomic mass is 32.2. The van der Waals surface area contributed by atoms with Crippen LogP contribution >= 0.6 is 11.8 Å². The van der Waals surface area contributed by atoms with E-state index in [0.717, 1.165) is 10.5 Å². The second-order valence-electron chi connectivity index (χ2n) is 6.34. The van der Waals surface area contributed by atoms with Crippen molar-refractivity contribution < 1.29 is 23.8 Å². The molecule has 0 atom stereocenters. The van der Waals surface area contributed by atoms with Gasteiger partial charge in [0.1, 0.15) is 11.5 Å². The molecule has 152 valence electrons. The molecule has 1 aliphatic rings. The summed E-state index contributed by atoms with van der Waals surface area (Å²) in [7, 11) is 1.26. The van der Waals surface area contributed by atoms with E-state index in [-0.39, 0.29) is 42.7 Å². The number of hydrogen-bond acceptors (Lipinski definition) is 6. The van der Waals surface area contributed by atoms with Crippen molar-refractivity contribution >= 4 is 29.3 Å². The monoisotopic (exact) mass is 416 g/mol. The van der Waals surface area contributed by atoms with Crippen LogP contribution in [0.2, 0.25) is 0 Å². The van der Waals surface area contributed by atoms with Crippen molar-refractivity contribution in [2.24, 2.45) is 0 Å². The molecule has 1 heterocycles. The Morgan fingerprint density at radius 1 is 1.28 bits per heavy atom. The van der Waals surface area contributed by atoms with Crippen molar-refractivity contribution in [1.29, 1.82) is 0 Å². The van der Waals surface area contributed by atoms with E-state index >= 15 is 0 Å². The number of methoxy groups -OCH3 is 1. The molecule has 0 bridgehead atoms. The first-order chi connectivity index (χ1) is 14.0. The van der Waals surface area contributed by atoms with E-state index in [1.54, 1.807) is 12.1 Å². The van der Waals surface area contributed by atoms with Crippen LogP contribution in [0.4, 0.5) is 10.1 Å². The van der Waals surface area contributed by atoms with Gasteiger partial charge in [0.15, 0.2) is 0 Å². The summed E-state index contributed by atoms with van der Waals surface area (Å²) < 4.78 is 18.2. The molecule has 0 spiro atoms. The molecule has 0 fully saturated rings. The quantitative estimate of drug-likeness (QED) is 0.509. The summed E-state index contributed by atoms with van der Waals surface area (Å²) in [5.41, 5.74) is 1.86. The Morgan fingerprint density at radius 2 is 2.07 bits per heavy atom. The zero-order chi connectivity index (χ0) is 20.8. The van der Waals surface area contributed by atoms with Crippen LogP contribution in [-0.2, 0) is 20.1 Å². The number of para-hydroxylation sites is 1. The van der Waals surface area contributed by atoms with Crippen molar-refractivity contribution in [2.75, 3.05) is 32.1 Å². The zero-order valence-electron chi connectivity index (χ0n) is 15.9. The Bertz CT molecular complexity index is 948. The lowest BCUT2D eigenvalue weighted by Crippen LogP contribution is -2.31. The molecule has 0 radical (unpaired) electrons. The number of carbonyl (C=O) groups excluding carboxylic acids is 2. The minimum atomic E-state index is -0.591. The lowest BCUT2D eigenvalue weighted by molar-refractivity contribution is -0.136. The highest BCUT2D eigenvalue weighted by Gasteiger charge is 2.34. The minimum absolute atomic E-state index is 0.0764. The second-order valence-corrected chi connectivity index (χ2v) is 7.35. The lowest BCUT2D eigenvalue weighted by atomic mass is 10.2. The number of carbonyl (C=O) groups is 2. The van der Waals surface area contributed by atoms with Gasteiger partial charge in [-0.25, -0.2) is 9.18 Å². The van der Waals surface area contributed by atoms with Crippen LogP contribution in [0, 0.1) is 5.82 Å². The smallest absolute Gasteiger partial charge is 0.337 e. The number of nitrogens with zero attached hydrogens (tertiary/aromatic N) is 1. The first kappa shape index (κ1) is 20.9. The maximum Gasteiger partial charge on any atom is 0.337 e. The summed E-state index contributed by atoms with van der Waals surface area (Å²) >= 11 is 1.49. The molecule has 0 aliphatic carbocycles. The Labute approximate surface area is 172 Å². The summed E-state index contributed by atoms with van der Waals surface area (Å²) in [5, 5.41) is 12.2. The van der Waals surface area contributed by atoms with E-state index in [1.165, 1.54) is 35.9 Å². The van der Waals surface area contributed by atoms with Crippen LogP contribution in [0.5, 0.6) is 0 Å². The third-order valence-corrected chi connectivity index (χ3v) is 5.53. The highest BCUT2D eigenvalue weighted by Crippen LogP contribution is 2.32. The number of hydrogen-bond donors (Lipinski definition) is 2. The molecule has 2 aromatic rings. The number of nitrogens with one attached hydrogen (secondary N) is 1. The van der Waals surface area contributed by atoms with Gasteiger partial charge in [0.2, 0.25) is 0 Å². The fourth-order valence-electron chi connectivity index (χ4n) is 2.97. The first-order valence-electron chi connectivity index (χ1n) is 8.98. The minimum Gasteiger partial charge on any atom is -0.466 e. The molecule has 0 saturated carbocycles. The number of benzene rings is 2. The van der Waals surface area contributed by atoms with Crippen molar-refractivity contribution in [3.05, 3.63) is 71.2 Å². The number of aliphatic hydroxyl groups excluding tert-OH is 1. The van der Waals surface area contributed by atoms with Gasteiger partial charge in [-0.1, -0.05) is 24.3 Å².